The molecule has 2 unspecified atom stereocenters. The first-order valence-corrected chi connectivity index (χ1v) is 20.2. The largest absolute Gasteiger partial charge is 0.388 e. The van der Waals surface area contributed by atoms with Gasteiger partial charge in [0.2, 0.25) is 0 Å². The van der Waals surface area contributed by atoms with E-state index in [4.69, 9.17) is 19.5 Å². The van der Waals surface area contributed by atoms with Crippen LogP contribution in [0.15, 0.2) is 12.2 Å². The number of nitrogens with zero attached hydrogens (tertiary/aromatic N) is 1. The molecule has 4 N–H and O–H groups in total. The Balaban J connectivity index is 3.49. The molecule has 3 atom stereocenters. The SMILES string of the molecule is CCCCCCCCC/C=C\CCCCCCCCCCCCCCCOC[C@@H](O)COP(=O)(O)C(C)[N+](C)(C)CCC(O)O. The molecule has 0 aliphatic heterocycles. The Labute approximate surface area is 278 Å². The van der Waals surface area contributed by atoms with Crippen LogP contribution < -0.4 is 0 Å². The molecule has 0 spiro atoms. The molecule has 0 aliphatic carbocycles. The van der Waals surface area contributed by atoms with E-state index in [1.54, 1.807) is 21.0 Å². The van der Waals surface area contributed by atoms with Crippen molar-refractivity contribution in [2.45, 2.75) is 180 Å². The first kappa shape index (κ1) is 44.7. The highest BCUT2D eigenvalue weighted by Gasteiger charge is 2.41. The van der Waals surface area contributed by atoms with Crippen LogP contribution in [0.4, 0.5) is 0 Å². The van der Waals surface area contributed by atoms with Crippen LogP contribution in [0.3, 0.4) is 0 Å². The van der Waals surface area contributed by atoms with Crippen LogP contribution in [-0.2, 0) is 13.8 Å². The van der Waals surface area contributed by atoms with Gasteiger partial charge in [0, 0.05) is 13.0 Å². The summed E-state index contributed by atoms with van der Waals surface area (Å²) in [4.78, 5) is 10.3. The van der Waals surface area contributed by atoms with Crippen LogP contribution in [0.5, 0.6) is 0 Å². The second-order valence-corrected chi connectivity index (χ2v) is 15.9. The fourth-order valence-electron chi connectivity index (χ4n) is 5.46. The molecule has 9 heteroatoms. The normalized spacial score (nSPS) is 15.2. The summed E-state index contributed by atoms with van der Waals surface area (Å²) < 4.78 is 23.5. The molecule has 0 aromatic heterocycles. The topological polar surface area (TPSA) is 116 Å². The second-order valence-electron chi connectivity index (χ2n) is 13.8. The Kier molecular flexibility index (Phi) is 29.6. The first-order chi connectivity index (χ1) is 21.5. The minimum Gasteiger partial charge on any atom is -0.388 e. The molecule has 270 valence electrons. The van der Waals surface area contributed by atoms with E-state index < -0.39 is 25.8 Å². The summed E-state index contributed by atoms with van der Waals surface area (Å²) in [6.07, 6.45) is 31.5. The molecule has 0 rings (SSSR count). The molecule has 0 heterocycles. The average molecular weight is 665 g/mol. The monoisotopic (exact) mass is 665 g/mol. The van der Waals surface area contributed by atoms with Gasteiger partial charge in [-0.25, -0.2) is 0 Å². The summed E-state index contributed by atoms with van der Waals surface area (Å²) in [7, 11) is -0.541. The number of quaternary nitrogens is 1. The summed E-state index contributed by atoms with van der Waals surface area (Å²) in [6, 6.07) is 0. The molecular formula is C36H75NO7P+. The first-order valence-electron chi connectivity index (χ1n) is 18.6. The molecule has 45 heavy (non-hydrogen) atoms. The van der Waals surface area contributed by atoms with Gasteiger partial charge in [0.25, 0.3) is 0 Å². The minimum atomic E-state index is -4.01. The van der Waals surface area contributed by atoms with Crippen molar-refractivity contribution in [1.29, 1.82) is 0 Å². The lowest BCUT2D eigenvalue weighted by atomic mass is 10.0. The second kappa shape index (κ2) is 29.8. The molecule has 0 aromatic rings. The zero-order chi connectivity index (χ0) is 33.7. The number of hydrogen-bond acceptors (Lipinski definition) is 6. The minimum absolute atomic E-state index is 0.0692. The third kappa shape index (κ3) is 28.4. The lowest BCUT2D eigenvalue weighted by molar-refractivity contribution is -0.901. The van der Waals surface area contributed by atoms with Gasteiger partial charge in [-0.2, -0.15) is 0 Å². The van der Waals surface area contributed by atoms with Crippen molar-refractivity contribution in [3.8, 4) is 0 Å². The van der Waals surface area contributed by atoms with Gasteiger partial charge in [-0.05, 0) is 39.0 Å². The number of hydrogen-bond donors (Lipinski definition) is 4. The van der Waals surface area contributed by atoms with Crippen LogP contribution in [0.2, 0.25) is 0 Å². The molecule has 0 saturated heterocycles. The molecule has 0 amide bonds. The zero-order valence-electron chi connectivity index (χ0n) is 29.9. The zero-order valence-corrected chi connectivity index (χ0v) is 30.8. The molecule has 0 aliphatic rings. The van der Waals surface area contributed by atoms with E-state index >= 15 is 0 Å². The summed E-state index contributed by atoms with van der Waals surface area (Å²) in [5, 5.41) is 28.3. The molecule has 0 fully saturated rings. The third-order valence-electron chi connectivity index (χ3n) is 9.01. The Hall–Kier alpha value is -0.310. The van der Waals surface area contributed by atoms with E-state index in [0.29, 0.717) is 13.2 Å². The van der Waals surface area contributed by atoms with E-state index in [1.165, 1.54) is 128 Å². The number of allylic oxidation sites excluding steroid dienone is 2. The fraction of sp³-hybridized carbons (Fsp3) is 0.944. The lowest BCUT2D eigenvalue weighted by Gasteiger charge is -2.37. The summed E-state index contributed by atoms with van der Waals surface area (Å²) in [5.74, 6) is -0.777. The van der Waals surface area contributed by atoms with Crippen molar-refractivity contribution in [3.05, 3.63) is 12.2 Å². The summed E-state index contributed by atoms with van der Waals surface area (Å²) in [5.41, 5.74) is 0. The van der Waals surface area contributed by atoms with Crippen molar-refractivity contribution in [3.63, 3.8) is 0 Å². The molecule has 8 nitrogen and oxygen atoms in total. The number of aliphatic hydroxyl groups excluding tert-OH is 2. The highest BCUT2D eigenvalue weighted by atomic mass is 31.2. The van der Waals surface area contributed by atoms with Crippen LogP contribution in [0.25, 0.3) is 0 Å². The van der Waals surface area contributed by atoms with E-state index in [9.17, 15) is 14.6 Å². The van der Waals surface area contributed by atoms with Gasteiger partial charge in [0.15, 0.2) is 12.1 Å². The number of unbranched alkanes of at least 4 members (excludes halogenated alkanes) is 20. The Bertz CT molecular complexity index is 720. The number of aliphatic hydroxyl groups is 3. The van der Waals surface area contributed by atoms with Gasteiger partial charge in [-0.1, -0.05) is 128 Å². The fourth-order valence-corrected chi connectivity index (χ4v) is 6.97. The summed E-state index contributed by atoms with van der Waals surface area (Å²) in [6.45, 7) is 4.52. The highest BCUT2D eigenvalue weighted by molar-refractivity contribution is 7.53. The molecule has 0 aromatic carbocycles. The Morgan fingerprint density at radius 3 is 1.53 bits per heavy atom. The Morgan fingerprint density at radius 1 is 0.667 bits per heavy atom. The van der Waals surface area contributed by atoms with Crippen molar-refractivity contribution < 1.29 is 38.5 Å². The van der Waals surface area contributed by atoms with Gasteiger partial charge < -0.3 is 34.0 Å². The van der Waals surface area contributed by atoms with Gasteiger partial charge in [0.1, 0.15) is 6.10 Å². The molecular weight excluding hydrogens is 589 g/mol. The predicted molar refractivity (Wildman–Crippen MR) is 188 cm³/mol. The Morgan fingerprint density at radius 2 is 1.09 bits per heavy atom. The maximum Gasteiger partial charge on any atom is 0.384 e. The molecule has 0 bridgehead atoms. The van der Waals surface area contributed by atoms with Gasteiger partial charge in [-0.15, -0.1) is 0 Å². The quantitative estimate of drug-likeness (QED) is 0.0179. The van der Waals surface area contributed by atoms with Crippen LogP contribution in [0, 0.1) is 0 Å². The van der Waals surface area contributed by atoms with Gasteiger partial charge in [0.05, 0.1) is 33.9 Å². The van der Waals surface area contributed by atoms with Gasteiger partial charge >= 0.3 is 7.60 Å². The van der Waals surface area contributed by atoms with Crippen molar-refractivity contribution >= 4 is 7.60 Å². The van der Waals surface area contributed by atoms with Crippen molar-refractivity contribution in [1.82, 2.24) is 0 Å². The predicted octanol–water partition coefficient (Wildman–Crippen LogP) is 8.85. The highest BCUT2D eigenvalue weighted by Crippen LogP contribution is 2.50. The van der Waals surface area contributed by atoms with Gasteiger partial charge in [-0.3, -0.25) is 4.57 Å². The van der Waals surface area contributed by atoms with Crippen molar-refractivity contribution in [2.75, 3.05) is 40.5 Å². The number of rotatable bonds is 34. The van der Waals surface area contributed by atoms with E-state index in [1.807, 2.05) is 0 Å². The third-order valence-corrected chi connectivity index (χ3v) is 11.1. The van der Waals surface area contributed by atoms with E-state index in [2.05, 4.69) is 19.1 Å². The smallest absolute Gasteiger partial charge is 0.384 e. The lowest BCUT2D eigenvalue weighted by Crippen LogP contribution is -2.48. The van der Waals surface area contributed by atoms with Crippen molar-refractivity contribution in [2.24, 2.45) is 0 Å². The van der Waals surface area contributed by atoms with E-state index in [-0.39, 0.29) is 24.1 Å². The maximum absolute atomic E-state index is 12.6. The average Bonchev–Trinajstić information content (AvgIpc) is 3.00. The standard InChI is InChI=1S/C36H74NO7P/c1-5-6-7-8-9-10-11-12-13-14-15-16-17-18-19-20-21-22-23-24-25-26-27-28-31-43-32-35(38)33-44-45(41,42)34(2)37(3,4)30-29-36(39)40/h13-14,34-36,38-40H,5-12,15-33H2,1-4H3/p+1/b14-13-/t34?,35-/m1/s1. The molecule has 0 radical (unpaired) electrons. The van der Waals surface area contributed by atoms with Crippen LogP contribution in [0.1, 0.15) is 162 Å². The maximum atomic E-state index is 12.6. The molecule has 0 saturated carbocycles. The van der Waals surface area contributed by atoms with Crippen LogP contribution >= 0.6 is 7.60 Å². The number of ether oxygens (including phenoxy) is 1. The summed E-state index contributed by atoms with van der Waals surface area (Å²) >= 11 is 0. The van der Waals surface area contributed by atoms with E-state index in [0.717, 1.165) is 12.8 Å². The van der Waals surface area contributed by atoms with Crippen LogP contribution in [-0.4, -0.2) is 83.3 Å².